The van der Waals surface area contributed by atoms with Crippen LogP contribution in [0.15, 0.2) is 48.6 Å². The highest BCUT2D eigenvalue weighted by Crippen LogP contribution is 2.37. The van der Waals surface area contributed by atoms with Crippen molar-refractivity contribution in [1.29, 1.82) is 0 Å². The lowest BCUT2D eigenvalue weighted by atomic mass is 9.93. The Hall–Kier alpha value is -1.24. The highest BCUT2D eigenvalue weighted by Gasteiger charge is 2.12. The van der Waals surface area contributed by atoms with Crippen molar-refractivity contribution in [2.45, 2.75) is 6.42 Å². The van der Waals surface area contributed by atoms with Crippen LogP contribution in [-0.2, 0) is 0 Å². The summed E-state index contributed by atoms with van der Waals surface area (Å²) in [7, 11) is 0. The first-order valence-electron chi connectivity index (χ1n) is 5.84. The second-order valence-electron chi connectivity index (χ2n) is 4.26. The Morgan fingerprint density at radius 2 is 1.78 bits per heavy atom. The van der Waals surface area contributed by atoms with E-state index in [1.807, 2.05) is 24.3 Å². The molecule has 0 saturated heterocycles. The van der Waals surface area contributed by atoms with Gasteiger partial charge in [0.2, 0.25) is 0 Å². The number of allylic oxidation sites excluding steroid dienone is 4. The Balaban J connectivity index is 2.32. The first-order valence-corrected chi connectivity index (χ1v) is 6.60. The Labute approximate surface area is 117 Å². The Morgan fingerprint density at radius 1 is 1.00 bits per heavy atom. The van der Waals surface area contributed by atoms with Crippen LogP contribution >= 0.6 is 23.2 Å². The molecule has 0 heterocycles. The van der Waals surface area contributed by atoms with Crippen molar-refractivity contribution in [3.63, 3.8) is 0 Å². The van der Waals surface area contributed by atoms with Crippen LogP contribution in [0.5, 0.6) is 0 Å². The predicted octanol–water partition coefficient (Wildman–Crippen LogP) is 5.69. The smallest absolute Gasteiger partial charge is 0.0671 e. The number of benzene rings is 2. The van der Waals surface area contributed by atoms with Crippen molar-refractivity contribution in [1.82, 2.24) is 0 Å². The molecule has 0 N–H and O–H groups in total. The van der Waals surface area contributed by atoms with Crippen molar-refractivity contribution >= 4 is 39.5 Å². The number of halogens is 2. The van der Waals surface area contributed by atoms with Crippen molar-refractivity contribution < 1.29 is 0 Å². The highest BCUT2D eigenvalue weighted by molar-refractivity contribution is 6.45. The van der Waals surface area contributed by atoms with E-state index in [0.717, 1.165) is 22.8 Å². The average molecular weight is 274 g/mol. The molecule has 0 amide bonds. The molecule has 0 saturated carbocycles. The van der Waals surface area contributed by atoms with Gasteiger partial charge in [-0.1, -0.05) is 65.7 Å². The summed E-state index contributed by atoms with van der Waals surface area (Å²) in [5.74, 6) is 0. The van der Waals surface area contributed by atoms with E-state index in [0.29, 0.717) is 10.0 Å². The minimum Gasteiger partial charge on any atom is -0.0839 e. The molecule has 3 rings (SSSR count). The normalized spacial score (nSPS) is 14.9. The fraction of sp³-hybridized carbons (Fsp3) is 0.0625. The molecule has 0 spiro atoms. The first-order chi connectivity index (χ1) is 8.77. The zero-order valence-corrected chi connectivity index (χ0v) is 11.2. The standard InChI is InChI=1S/C16H11Cl2/c17-15-10-14(11-6-2-1-3-7-11)12-8-4-5-9-13(12)16(15)18/h1-2,4-10H,3H2. The number of hydrogen-bond donors (Lipinski definition) is 0. The van der Waals surface area contributed by atoms with Crippen LogP contribution in [0.25, 0.3) is 16.3 Å². The summed E-state index contributed by atoms with van der Waals surface area (Å²) in [5, 5.41) is 3.38. The van der Waals surface area contributed by atoms with E-state index in [-0.39, 0.29) is 0 Å². The number of hydrogen-bond acceptors (Lipinski definition) is 0. The molecule has 1 aliphatic carbocycles. The summed E-state index contributed by atoms with van der Waals surface area (Å²) in [5.41, 5.74) is 2.34. The van der Waals surface area contributed by atoms with Gasteiger partial charge in [-0.15, -0.1) is 0 Å². The summed E-state index contributed by atoms with van der Waals surface area (Å²) in [6, 6.07) is 10.0. The van der Waals surface area contributed by atoms with E-state index in [1.54, 1.807) is 0 Å². The highest BCUT2D eigenvalue weighted by atomic mass is 35.5. The summed E-state index contributed by atoms with van der Waals surface area (Å²) >= 11 is 12.5. The van der Waals surface area contributed by atoms with Crippen LogP contribution in [0.4, 0.5) is 0 Å². The predicted molar refractivity (Wildman–Crippen MR) is 80.0 cm³/mol. The van der Waals surface area contributed by atoms with E-state index in [9.17, 15) is 0 Å². The molecule has 0 nitrogen and oxygen atoms in total. The third kappa shape index (κ3) is 1.96. The average Bonchev–Trinajstić information content (AvgIpc) is 2.44. The molecule has 0 unspecified atom stereocenters. The second kappa shape index (κ2) is 4.79. The molecule has 1 aliphatic rings. The summed E-state index contributed by atoms with van der Waals surface area (Å²) in [6.07, 6.45) is 9.47. The fourth-order valence-corrected chi connectivity index (χ4v) is 2.69. The maximum Gasteiger partial charge on any atom is 0.0671 e. The van der Waals surface area contributed by atoms with Gasteiger partial charge in [0.15, 0.2) is 0 Å². The van der Waals surface area contributed by atoms with E-state index in [4.69, 9.17) is 23.2 Å². The molecule has 18 heavy (non-hydrogen) atoms. The lowest BCUT2D eigenvalue weighted by Gasteiger charge is -2.14. The Morgan fingerprint density at radius 3 is 2.50 bits per heavy atom. The van der Waals surface area contributed by atoms with Crippen LogP contribution < -0.4 is 0 Å². The lowest BCUT2D eigenvalue weighted by Crippen LogP contribution is -1.91. The van der Waals surface area contributed by atoms with Crippen LogP contribution in [-0.4, -0.2) is 0 Å². The Kier molecular flexibility index (Phi) is 3.15. The Bertz CT molecular complexity index is 666. The molecule has 0 aliphatic heterocycles. The van der Waals surface area contributed by atoms with Gasteiger partial charge in [-0.2, -0.15) is 0 Å². The van der Waals surface area contributed by atoms with Gasteiger partial charge in [0.1, 0.15) is 0 Å². The van der Waals surface area contributed by atoms with E-state index in [1.165, 1.54) is 5.57 Å². The molecule has 1 radical (unpaired) electrons. The van der Waals surface area contributed by atoms with Crippen molar-refractivity contribution in [3.8, 4) is 0 Å². The molecular formula is C16H11Cl2. The van der Waals surface area contributed by atoms with Gasteiger partial charge in [0, 0.05) is 5.39 Å². The first kappa shape index (κ1) is 11.8. The number of fused-ring (bicyclic) bond motifs is 1. The van der Waals surface area contributed by atoms with E-state index in [2.05, 4.69) is 30.7 Å². The lowest BCUT2D eigenvalue weighted by molar-refractivity contribution is 1.28. The van der Waals surface area contributed by atoms with Crippen molar-refractivity contribution in [3.05, 3.63) is 70.6 Å². The van der Waals surface area contributed by atoms with Gasteiger partial charge < -0.3 is 0 Å². The van der Waals surface area contributed by atoms with Gasteiger partial charge >= 0.3 is 0 Å². The third-order valence-corrected chi connectivity index (χ3v) is 3.93. The van der Waals surface area contributed by atoms with Gasteiger partial charge in [-0.25, -0.2) is 0 Å². The van der Waals surface area contributed by atoms with Crippen LogP contribution in [0.1, 0.15) is 12.0 Å². The van der Waals surface area contributed by atoms with E-state index < -0.39 is 0 Å². The van der Waals surface area contributed by atoms with Crippen LogP contribution in [0.2, 0.25) is 10.0 Å². The molecule has 0 bridgehead atoms. The molecule has 0 fully saturated rings. The maximum absolute atomic E-state index is 6.26. The zero-order valence-electron chi connectivity index (χ0n) is 9.66. The van der Waals surface area contributed by atoms with Crippen LogP contribution in [0.3, 0.4) is 0 Å². The molecule has 89 valence electrons. The summed E-state index contributed by atoms with van der Waals surface area (Å²) < 4.78 is 0. The molecule has 0 atom stereocenters. The van der Waals surface area contributed by atoms with Crippen molar-refractivity contribution in [2.75, 3.05) is 0 Å². The topological polar surface area (TPSA) is 0 Å². The third-order valence-electron chi connectivity index (χ3n) is 3.13. The SMILES string of the molecule is Clc1cc(C2=CC=CC[CH]2)c2ccccc2c1Cl. The molecule has 2 aromatic rings. The summed E-state index contributed by atoms with van der Waals surface area (Å²) in [6.45, 7) is 0. The molecule has 2 heteroatoms. The van der Waals surface area contributed by atoms with Gasteiger partial charge in [0.25, 0.3) is 0 Å². The molecule has 0 aromatic heterocycles. The minimum atomic E-state index is 0.606. The molecular weight excluding hydrogens is 263 g/mol. The summed E-state index contributed by atoms with van der Waals surface area (Å²) in [4.78, 5) is 0. The molecule has 2 aromatic carbocycles. The largest absolute Gasteiger partial charge is 0.0839 e. The minimum absolute atomic E-state index is 0.606. The van der Waals surface area contributed by atoms with Gasteiger partial charge in [0.05, 0.1) is 10.0 Å². The van der Waals surface area contributed by atoms with E-state index >= 15 is 0 Å². The van der Waals surface area contributed by atoms with Gasteiger partial charge in [-0.3, -0.25) is 0 Å². The maximum atomic E-state index is 6.26. The zero-order chi connectivity index (χ0) is 12.5. The number of rotatable bonds is 1. The quantitative estimate of drug-likeness (QED) is 0.626. The van der Waals surface area contributed by atoms with Crippen molar-refractivity contribution in [2.24, 2.45) is 0 Å². The van der Waals surface area contributed by atoms with Crippen LogP contribution in [0, 0.1) is 6.42 Å². The second-order valence-corrected chi connectivity index (χ2v) is 5.04. The fourth-order valence-electron chi connectivity index (χ4n) is 2.26. The monoisotopic (exact) mass is 273 g/mol. The van der Waals surface area contributed by atoms with Gasteiger partial charge in [-0.05, 0) is 35.4 Å².